The molecule has 3 aromatic carbocycles. The van der Waals surface area contributed by atoms with Crippen LogP contribution in [0, 0.1) is 6.92 Å². The number of hydrazone groups is 1. The summed E-state index contributed by atoms with van der Waals surface area (Å²) in [6.45, 7) is 1.80. The van der Waals surface area contributed by atoms with Gasteiger partial charge in [-0.05, 0) is 61.5 Å². The van der Waals surface area contributed by atoms with E-state index in [-0.39, 0.29) is 18.4 Å². The fraction of sp³-hybridized carbons (Fsp3) is 0.0870. The van der Waals surface area contributed by atoms with E-state index in [1.807, 2.05) is 31.2 Å². The van der Waals surface area contributed by atoms with Gasteiger partial charge in [-0.2, -0.15) is 5.10 Å². The minimum Gasteiger partial charge on any atom is -0.483 e. The lowest BCUT2D eigenvalue weighted by Gasteiger charge is -2.10. The van der Waals surface area contributed by atoms with Crippen LogP contribution in [0.3, 0.4) is 0 Å². The van der Waals surface area contributed by atoms with Crippen molar-refractivity contribution < 1.29 is 14.3 Å². The maximum atomic E-state index is 12.2. The van der Waals surface area contributed by atoms with Crippen molar-refractivity contribution in [3.8, 4) is 5.75 Å². The highest BCUT2D eigenvalue weighted by Crippen LogP contribution is 2.22. The Balaban J connectivity index is 1.61. The molecule has 0 atom stereocenters. The van der Waals surface area contributed by atoms with Crippen LogP contribution in [0.15, 0.2) is 76.3 Å². The molecule has 31 heavy (non-hydrogen) atoms. The molecule has 8 heteroatoms. The van der Waals surface area contributed by atoms with E-state index in [2.05, 4.69) is 31.8 Å². The number of ether oxygens (including phenoxy) is 1. The predicted molar refractivity (Wildman–Crippen MR) is 126 cm³/mol. The number of benzene rings is 3. The molecule has 2 amide bonds. The minimum atomic E-state index is -0.372. The second-order valence-electron chi connectivity index (χ2n) is 6.59. The van der Waals surface area contributed by atoms with Crippen molar-refractivity contribution >= 4 is 51.2 Å². The number of carbonyl (C=O) groups is 2. The van der Waals surface area contributed by atoms with Gasteiger partial charge in [0.1, 0.15) is 5.75 Å². The van der Waals surface area contributed by atoms with Gasteiger partial charge in [-0.3, -0.25) is 9.59 Å². The summed E-state index contributed by atoms with van der Waals surface area (Å²) in [6, 6.07) is 19.2. The Morgan fingerprint density at radius 1 is 1.06 bits per heavy atom. The molecule has 0 aliphatic carbocycles. The second-order valence-corrected chi connectivity index (χ2v) is 7.94. The van der Waals surface area contributed by atoms with Crippen LogP contribution in [0.2, 0.25) is 5.02 Å². The zero-order chi connectivity index (χ0) is 22.2. The summed E-state index contributed by atoms with van der Waals surface area (Å²) >= 11 is 9.22. The van der Waals surface area contributed by atoms with Crippen molar-refractivity contribution in [1.29, 1.82) is 0 Å². The molecule has 0 aromatic heterocycles. The average molecular weight is 501 g/mol. The van der Waals surface area contributed by atoms with Crippen molar-refractivity contribution in [3.05, 3.63) is 92.9 Å². The summed E-state index contributed by atoms with van der Waals surface area (Å²) in [5, 5.41) is 7.31. The van der Waals surface area contributed by atoms with Crippen LogP contribution in [0.4, 0.5) is 5.69 Å². The highest BCUT2D eigenvalue weighted by atomic mass is 79.9. The maximum Gasteiger partial charge on any atom is 0.271 e. The molecule has 0 saturated heterocycles. The van der Waals surface area contributed by atoms with Gasteiger partial charge < -0.3 is 10.1 Å². The Morgan fingerprint density at radius 2 is 1.77 bits per heavy atom. The summed E-state index contributed by atoms with van der Waals surface area (Å²) in [4.78, 5) is 24.3. The largest absolute Gasteiger partial charge is 0.483 e. The number of rotatable bonds is 7. The summed E-state index contributed by atoms with van der Waals surface area (Å²) in [5.41, 5.74) is 5.28. The Kier molecular flexibility index (Phi) is 7.81. The third kappa shape index (κ3) is 6.94. The van der Waals surface area contributed by atoms with Gasteiger partial charge in [0, 0.05) is 26.3 Å². The first-order valence-corrected chi connectivity index (χ1v) is 10.5. The molecule has 6 nitrogen and oxygen atoms in total. The molecular formula is C23H19BrClN3O3. The SMILES string of the molecule is Cc1ccc(NC(=O)COc2ccc(Br)cc2/C=N/NC(=O)c2ccc(Cl)cc2)cc1. The number of nitrogens with zero attached hydrogens (tertiary/aromatic N) is 1. The highest BCUT2D eigenvalue weighted by Gasteiger charge is 2.08. The van der Waals surface area contributed by atoms with Crippen LogP contribution in [0.25, 0.3) is 0 Å². The molecular weight excluding hydrogens is 482 g/mol. The molecule has 0 aliphatic heterocycles. The fourth-order valence-electron chi connectivity index (χ4n) is 2.56. The molecule has 3 aromatic rings. The number of halogens is 2. The number of aryl methyl sites for hydroxylation is 1. The van der Waals surface area contributed by atoms with Crippen molar-refractivity contribution in [2.75, 3.05) is 11.9 Å². The van der Waals surface area contributed by atoms with E-state index in [0.717, 1.165) is 10.0 Å². The zero-order valence-electron chi connectivity index (χ0n) is 16.6. The van der Waals surface area contributed by atoms with E-state index in [1.54, 1.807) is 42.5 Å². The first-order chi connectivity index (χ1) is 14.9. The van der Waals surface area contributed by atoms with E-state index in [0.29, 0.717) is 27.6 Å². The van der Waals surface area contributed by atoms with E-state index >= 15 is 0 Å². The molecule has 0 aliphatic rings. The first kappa shape index (κ1) is 22.5. The van der Waals surface area contributed by atoms with Crippen LogP contribution in [0.5, 0.6) is 5.75 Å². The Labute approximate surface area is 193 Å². The molecule has 0 unspecified atom stereocenters. The van der Waals surface area contributed by atoms with Crippen molar-refractivity contribution in [3.63, 3.8) is 0 Å². The van der Waals surface area contributed by atoms with Crippen molar-refractivity contribution in [2.45, 2.75) is 6.92 Å². The number of carbonyl (C=O) groups excluding carboxylic acids is 2. The van der Waals surface area contributed by atoms with Crippen LogP contribution in [-0.4, -0.2) is 24.6 Å². The van der Waals surface area contributed by atoms with E-state index in [1.165, 1.54) is 6.21 Å². The van der Waals surface area contributed by atoms with E-state index in [9.17, 15) is 9.59 Å². The zero-order valence-corrected chi connectivity index (χ0v) is 18.9. The van der Waals surface area contributed by atoms with Gasteiger partial charge in [-0.25, -0.2) is 5.43 Å². The first-order valence-electron chi connectivity index (χ1n) is 9.28. The third-order valence-electron chi connectivity index (χ3n) is 4.14. The minimum absolute atomic E-state index is 0.173. The highest BCUT2D eigenvalue weighted by molar-refractivity contribution is 9.10. The topological polar surface area (TPSA) is 79.8 Å². The molecule has 0 saturated carbocycles. The van der Waals surface area contributed by atoms with Gasteiger partial charge in [0.05, 0.1) is 6.21 Å². The smallest absolute Gasteiger partial charge is 0.271 e. The number of hydrogen-bond donors (Lipinski definition) is 2. The average Bonchev–Trinajstić information content (AvgIpc) is 2.75. The summed E-state index contributed by atoms with van der Waals surface area (Å²) in [5.74, 6) is -0.208. The monoisotopic (exact) mass is 499 g/mol. The van der Waals surface area contributed by atoms with E-state index < -0.39 is 0 Å². The summed E-state index contributed by atoms with van der Waals surface area (Å²) in [6.07, 6.45) is 1.45. The summed E-state index contributed by atoms with van der Waals surface area (Å²) in [7, 11) is 0. The molecule has 0 fully saturated rings. The van der Waals surface area contributed by atoms with E-state index in [4.69, 9.17) is 16.3 Å². The molecule has 0 heterocycles. The van der Waals surface area contributed by atoms with Gasteiger partial charge in [-0.15, -0.1) is 0 Å². The Morgan fingerprint density at radius 3 is 2.48 bits per heavy atom. The lowest BCUT2D eigenvalue weighted by atomic mass is 10.2. The van der Waals surface area contributed by atoms with Gasteiger partial charge in [0.2, 0.25) is 0 Å². The van der Waals surface area contributed by atoms with Gasteiger partial charge in [0.25, 0.3) is 11.8 Å². The lowest BCUT2D eigenvalue weighted by molar-refractivity contribution is -0.118. The maximum absolute atomic E-state index is 12.2. The Bertz CT molecular complexity index is 1100. The fourth-order valence-corrected chi connectivity index (χ4v) is 3.06. The molecule has 0 bridgehead atoms. The van der Waals surface area contributed by atoms with Gasteiger partial charge >= 0.3 is 0 Å². The molecule has 0 spiro atoms. The predicted octanol–water partition coefficient (Wildman–Crippen LogP) is 5.19. The molecule has 3 rings (SSSR count). The second kappa shape index (κ2) is 10.7. The normalized spacial score (nSPS) is 10.7. The van der Waals surface area contributed by atoms with Crippen LogP contribution in [0.1, 0.15) is 21.5 Å². The van der Waals surface area contributed by atoms with Gasteiger partial charge in [0.15, 0.2) is 6.61 Å². The number of amides is 2. The Hall–Kier alpha value is -3.16. The van der Waals surface area contributed by atoms with Crippen molar-refractivity contribution in [2.24, 2.45) is 5.10 Å². The molecule has 2 N–H and O–H groups in total. The van der Waals surface area contributed by atoms with Gasteiger partial charge in [-0.1, -0.05) is 45.2 Å². The van der Waals surface area contributed by atoms with Crippen LogP contribution >= 0.6 is 27.5 Å². The summed E-state index contributed by atoms with van der Waals surface area (Å²) < 4.78 is 6.45. The number of nitrogens with one attached hydrogen (secondary N) is 2. The van der Waals surface area contributed by atoms with Crippen LogP contribution < -0.4 is 15.5 Å². The molecule has 0 radical (unpaired) electrons. The number of hydrogen-bond acceptors (Lipinski definition) is 4. The van der Waals surface area contributed by atoms with Crippen LogP contribution in [-0.2, 0) is 4.79 Å². The molecule has 158 valence electrons. The lowest BCUT2D eigenvalue weighted by Crippen LogP contribution is -2.20. The standard InChI is InChI=1S/C23H19BrClN3O3/c1-15-2-9-20(10-3-15)27-22(29)14-31-21-11-6-18(24)12-17(21)13-26-28-23(30)16-4-7-19(25)8-5-16/h2-13H,14H2,1H3,(H,27,29)(H,28,30)/b26-13+. The van der Waals surface area contributed by atoms with Crippen molar-refractivity contribution in [1.82, 2.24) is 5.43 Å². The third-order valence-corrected chi connectivity index (χ3v) is 4.89. The number of anilines is 1. The quantitative estimate of drug-likeness (QED) is 0.346.